The number of nitrogens with two attached hydrogens (primary N) is 1. The van der Waals surface area contributed by atoms with Gasteiger partial charge in [-0.3, -0.25) is 0 Å². The monoisotopic (exact) mass is 177 g/mol. The Morgan fingerprint density at radius 2 is 2.36 bits per heavy atom. The Kier molecular flexibility index (Phi) is 2.88. The summed E-state index contributed by atoms with van der Waals surface area (Å²) in [5.74, 6) is -0.892. The maximum atomic E-state index is 10.3. The van der Waals surface area contributed by atoms with Gasteiger partial charge in [-0.25, -0.2) is 9.78 Å². The highest BCUT2D eigenvalue weighted by Gasteiger charge is 2.09. The van der Waals surface area contributed by atoms with Crippen LogP contribution in [0.3, 0.4) is 0 Å². The molecular formula is C5H8ClN3O2. The standard InChI is InChI=1S/C5H7N3O2.ClH/c1-8-2-3(6)7-4(8)5(9)10;/h2H,6H2,1H3,(H,9,10);1H. The Labute approximate surface area is 69.2 Å². The number of anilines is 1. The SMILES string of the molecule is Cl.Cn1cc(N)nc1C(=O)O. The molecule has 0 aromatic carbocycles. The van der Waals surface area contributed by atoms with Gasteiger partial charge in [-0.1, -0.05) is 0 Å². The van der Waals surface area contributed by atoms with E-state index in [1.54, 1.807) is 7.05 Å². The molecule has 1 aromatic rings. The van der Waals surface area contributed by atoms with Gasteiger partial charge >= 0.3 is 5.97 Å². The van der Waals surface area contributed by atoms with Crippen LogP contribution >= 0.6 is 12.4 Å². The van der Waals surface area contributed by atoms with E-state index in [0.29, 0.717) is 0 Å². The molecule has 1 aromatic heterocycles. The highest BCUT2D eigenvalue weighted by Crippen LogP contribution is 2.01. The van der Waals surface area contributed by atoms with Gasteiger partial charge in [0.05, 0.1) is 0 Å². The molecule has 0 spiro atoms. The van der Waals surface area contributed by atoms with E-state index in [-0.39, 0.29) is 24.0 Å². The Balaban J connectivity index is 0.000001000. The van der Waals surface area contributed by atoms with Gasteiger partial charge in [-0.2, -0.15) is 0 Å². The normalized spacial score (nSPS) is 8.82. The maximum absolute atomic E-state index is 10.3. The third kappa shape index (κ3) is 1.84. The molecule has 0 atom stereocenters. The van der Waals surface area contributed by atoms with Gasteiger partial charge in [-0.05, 0) is 0 Å². The number of nitrogen functional groups attached to an aromatic ring is 1. The molecule has 0 radical (unpaired) electrons. The number of carbonyl (C=O) groups is 1. The minimum Gasteiger partial charge on any atom is -0.475 e. The minimum atomic E-state index is -1.07. The molecule has 3 N–H and O–H groups in total. The molecule has 62 valence electrons. The lowest BCUT2D eigenvalue weighted by Crippen LogP contribution is -2.05. The van der Waals surface area contributed by atoms with E-state index < -0.39 is 5.97 Å². The lowest BCUT2D eigenvalue weighted by Gasteiger charge is -1.90. The van der Waals surface area contributed by atoms with E-state index in [1.807, 2.05) is 0 Å². The van der Waals surface area contributed by atoms with E-state index in [4.69, 9.17) is 10.8 Å². The fourth-order valence-corrected chi connectivity index (χ4v) is 0.688. The molecule has 11 heavy (non-hydrogen) atoms. The summed E-state index contributed by atoms with van der Waals surface area (Å²) < 4.78 is 1.36. The van der Waals surface area contributed by atoms with Crippen molar-refractivity contribution in [3.63, 3.8) is 0 Å². The van der Waals surface area contributed by atoms with Crippen LogP contribution in [0.15, 0.2) is 6.20 Å². The molecule has 1 heterocycles. The van der Waals surface area contributed by atoms with E-state index in [1.165, 1.54) is 10.8 Å². The number of hydrogen-bond acceptors (Lipinski definition) is 3. The first-order chi connectivity index (χ1) is 4.61. The molecule has 0 fully saturated rings. The lowest BCUT2D eigenvalue weighted by molar-refractivity contribution is 0.0680. The summed E-state index contributed by atoms with van der Waals surface area (Å²) in [6.45, 7) is 0. The Hall–Kier alpha value is -1.23. The first kappa shape index (κ1) is 9.77. The highest BCUT2D eigenvalue weighted by atomic mass is 35.5. The molecule has 0 saturated carbocycles. The Bertz CT molecular complexity index is 271. The second kappa shape index (κ2) is 3.25. The molecule has 6 heteroatoms. The van der Waals surface area contributed by atoms with Gasteiger partial charge in [0.25, 0.3) is 0 Å². The predicted molar refractivity (Wildman–Crippen MR) is 41.8 cm³/mol. The van der Waals surface area contributed by atoms with Crippen molar-refractivity contribution in [2.75, 3.05) is 5.73 Å². The van der Waals surface area contributed by atoms with Crippen LogP contribution in [0.5, 0.6) is 0 Å². The summed E-state index contributed by atoms with van der Waals surface area (Å²) in [6, 6.07) is 0. The minimum absolute atomic E-state index is 0. The zero-order chi connectivity index (χ0) is 7.72. The first-order valence-electron chi connectivity index (χ1n) is 2.63. The van der Waals surface area contributed by atoms with Gasteiger partial charge in [0.1, 0.15) is 5.82 Å². The van der Waals surface area contributed by atoms with Crippen LogP contribution in [0, 0.1) is 0 Å². The van der Waals surface area contributed by atoms with Crippen molar-refractivity contribution in [3.8, 4) is 0 Å². The van der Waals surface area contributed by atoms with Crippen LogP contribution in [-0.2, 0) is 7.05 Å². The number of hydrogen-bond donors (Lipinski definition) is 2. The number of aromatic carboxylic acids is 1. The van der Waals surface area contributed by atoms with Crippen LogP contribution in [0.25, 0.3) is 0 Å². The van der Waals surface area contributed by atoms with Gasteiger partial charge in [0.2, 0.25) is 5.82 Å². The van der Waals surface area contributed by atoms with Crippen molar-refractivity contribution in [2.45, 2.75) is 0 Å². The number of nitrogens with zero attached hydrogens (tertiary/aromatic N) is 2. The van der Waals surface area contributed by atoms with Gasteiger partial charge < -0.3 is 15.4 Å². The van der Waals surface area contributed by atoms with Crippen molar-refractivity contribution in [1.29, 1.82) is 0 Å². The van der Waals surface area contributed by atoms with Gasteiger partial charge in [-0.15, -0.1) is 12.4 Å². The van der Waals surface area contributed by atoms with Crippen molar-refractivity contribution < 1.29 is 9.90 Å². The van der Waals surface area contributed by atoms with Crippen LogP contribution in [0.4, 0.5) is 5.82 Å². The summed E-state index contributed by atoms with van der Waals surface area (Å²) in [4.78, 5) is 13.8. The van der Waals surface area contributed by atoms with Crippen LogP contribution in [-0.4, -0.2) is 20.6 Å². The van der Waals surface area contributed by atoms with E-state index in [0.717, 1.165) is 0 Å². The van der Waals surface area contributed by atoms with Crippen LogP contribution in [0.2, 0.25) is 0 Å². The van der Waals surface area contributed by atoms with Crippen molar-refractivity contribution >= 4 is 24.2 Å². The zero-order valence-electron chi connectivity index (χ0n) is 5.81. The average Bonchev–Trinajstić information content (AvgIpc) is 2.10. The van der Waals surface area contributed by atoms with Gasteiger partial charge in [0, 0.05) is 13.2 Å². The van der Waals surface area contributed by atoms with E-state index >= 15 is 0 Å². The summed E-state index contributed by atoms with van der Waals surface area (Å²) in [5.41, 5.74) is 5.22. The molecule has 0 aliphatic heterocycles. The Morgan fingerprint density at radius 3 is 2.55 bits per heavy atom. The Morgan fingerprint density at radius 1 is 1.82 bits per heavy atom. The van der Waals surface area contributed by atoms with Crippen LogP contribution < -0.4 is 5.73 Å². The quantitative estimate of drug-likeness (QED) is 0.639. The average molecular weight is 178 g/mol. The number of halogens is 1. The number of imidazole rings is 1. The zero-order valence-corrected chi connectivity index (χ0v) is 6.63. The highest BCUT2D eigenvalue weighted by molar-refractivity contribution is 5.85. The molecule has 0 saturated heterocycles. The second-order valence-electron chi connectivity index (χ2n) is 1.91. The number of aromatic nitrogens is 2. The molecule has 0 bridgehead atoms. The topological polar surface area (TPSA) is 81.1 Å². The fraction of sp³-hybridized carbons (Fsp3) is 0.200. The van der Waals surface area contributed by atoms with Crippen LogP contribution in [0.1, 0.15) is 10.6 Å². The van der Waals surface area contributed by atoms with Crippen molar-refractivity contribution in [2.24, 2.45) is 7.05 Å². The number of rotatable bonds is 1. The molecule has 5 nitrogen and oxygen atoms in total. The second-order valence-corrected chi connectivity index (χ2v) is 1.91. The lowest BCUT2D eigenvalue weighted by atomic mass is 10.6. The van der Waals surface area contributed by atoms with Gasteiger partial charge in [0.15, 0.2) is 0 Å². The fourth-order valence-electron chi connectivity index (χ4n) is 0.688. The van der Waals surface area contributed by atoms with E-state index in [9.17, 15) is 4.79 Å². The molecule has 1 rings (SSSR count). The van der Waals surface area contributed by atoms with Crippen molar-refractivity contribution in [3.05, 3.63) is 12.0 Å². The largest absolute Gasteiger partial charge is 0.475 e. The van der Waals surface area contributed by atoms with Crippen molar-refractivity contribution in [1.82, 2.24) is 9.55 Å². The third-order valence-corrected chi connectivity index (χ3v) is 1.09. The molecular weight excluding hydrogens is 170 g/mol. The summed E-state index contributed by atoms with van der Waals surface area (Å²) in [5, 5.41) is 8.44. The molecule has 0 amide bonds. The first-order valence-corrected chi connectivity index (χ1v) is 2.63. The summed E-state index contributed by atoms with van der Waals surface area (Å²) >= 11 is 0. The molecule has 0 aliphatic rings. The maximum Gasteiger partial charge on any atom is 0.372 e. The molecule has 0 aliphatic carbocycles. The summed E-state index contributed by atoms with van der Waals surface area (Å²) in [6.07, 6.45) is 1.45. The number of carboxylic acid groups (broad SMARTS) is 1. The predicted octanol–water partition coefficient (Wildman–Crippen LogP) is 0.122. The summed E-state index contributed by atoms with van der Waals surface area (Å²) in [7, 11) is 1.58. The number of aryl methyl sites for hydroxylation is 1. The van der Waals surface area contributed by atoms with E-state index in [2.05, 4.69) is 4.98 Å². The third-order valence-electron chi connectivity index (χ3n) is 1.09. The smallest absolute Gasteiger partial charge is 0.372 e. The molecule has 0 unspecified atom stereocenters. The number of carboxylic acids is 1.